The summed E-state index contributed by atoms with van der Waals surface area (Å²) in [5.41, 5.74) is -0.135. The SMILES string of the molecule is O=C(COC(=O)c1nc(Cl)c(Cl)c(Cl)c1Cl)Nc1ccc(OC(F)F)cc1. The fourth-order valence-electron chi connectivity index (χ4n) is 1.74. The predicted molar refractivity (Wildman–Crippen MR) is 96.3 cm³/mol. The fourth-order valence-corrected chi connectivity index (χ4v) is 2.54. The third-order valence-corrected chi connectivity index (χ3v) is 4.55. The van der Waals surface area contributed by atoms with Crippen LogP contribution in [0.4, 0.5) is 14.5 Å². The van der Waals surface area contributed by atoms with Gasteiger partial charge >= 0.3 is 12.6 Å². The van der Waals surface area contributed by atoms with Gasteiger partial charge in [0, 0.05) is 5.69 Å². The molecule has 1 aromatic carbocycles. The second-order valence-electron chi connectivity index (χ2n) is 4.72. The van der Waals surface area contributed by atoms with Crippen molar-refractivity contribution in [2.45, 2.75) is 6.61 Å². The van der Waals surface area contributed by atoms with Crippen LogP contribution in [0, 0.1) is 0 Å². The molecule has 144 valence electrons. The molecular formula is C15H8Cl4F2N2O4. The van der Waals surface area contributed by atoms with Gasteiger partial charge in [0.15, 0.2) is 12.3 Å². The van der Waals surface area contributed by atoms with Crippen molar-refractivity contribution in [1.82, 2.24) is 4.98 Å². The molecule has 6 nitrogen and oxygen atoms in total. The normalized spacial score (nSPS) is 10.6. The Morgan fingerprint density at radius 3 is 2.26 bits per heavy atom. The summed E-state index contributed by atoms with van der Waals surface area (Å²) in [6.45, 7) is -3.63. The van der Waals surface area contributed by atoms with Crippen LogP contribution in [-0.4, -0.2) is 30.1 Å². The van der Waals surface area contributed by atoms with E-state index in [4.69, 9.17) is 51.1 Å². The number of ether oxygens (including phenoxy) is 2. The molecule has 0 fully saturated rings. The van der Waals surface area contributed by atoms with E-state index in [1.807, 2.05) is 0 Å². The lowest BCUT2D eigenvalue weighted by atomic mass is 10.3. The van der Waals surface area contributed by atoms with Crippen LogP contribution in [0.3, 0.4) is 0 Å². The summed E-state index contributed by atoms with van der Waals surface area (Å²) >= 11 is 23.1. The Labute approximate surface area is 171 Å². The zero-order valence-electron chi connectivity index (χ0n) is 12.9. The zero-order valence-corrected chi connectivity index (χ0v) is 16.0. The van der Waals surface area contributed by atoms with Crippen LogP contribution in [-0.2, 0) is 9.53 Å². The first-order valence-corrected chi connectivity index (χ1v) is 8.42. The van der Waals surface area contributed by atoms with Crippen LogP contribution >= 0.6 is 46.4 Å². The van der Waals surface area contributed by atoms with Gasteiger partial charge in [0.2, 0.25) is 0 Å². The maximum Gasteiger partial charge on any atom is 0.387 e. The molecule has 27 heavy (non-hydrogen) atoms. The molecule has 0 aliphatic heterocycles. The number of halogens is 6. The van der Waals surface area contributed by atoms with Gasteiger partial charge in [0.25, 0.3) is 5.91 Å². The van der Waals surface area contributed by atoms with Crippen LogP contribution in [0.25, 0.3) is 0 Å². The van der Waals surface area contributed by atoms with Gasteiger partial charge in [0.05, 0.1) is 15.1 Å². The number of aromatic nitrogens is 1. The Bertz CT molecular complexity index is 866. The summed E-state index contributed by atoms with van der Waals surface area (Å²) in [6, 6.07) is 5.12. The monoisotopic (exact) mass is 458 g/mol. The Morgan fingerprint density at radius 1 is 1.04 bits per heavy atom. The number of pyridine rings is 1. The van der Waals surface area contributed by atoms with E-state index in [-0.39, 0.29) is 31.7 Å². The number of benzene rings is 1. The number of carbonyl (C=O) groups excluding carboxylic acids is 2. The summed E-state index contributed by atoms with van der Waals surface area (Å²) in [4.78, 5) is 27.5. The second kappa shape index (κ2) is 9.36. The minimum Gasteiger partial charge on any atom is -0.451 e. The molecule has 1 amide bonds. The molecule has 2 rings (SSSR count). The number of rotatable bonds is 6. The lowest BCUT2D eigenvalue weighted by Crippen LogP contribution is -2.21. The smallest absolute Gasteiger partial charge is 0.387 e. The van der Waals surface area contributed by atoms with E-state index >= 15 is 0 Å². The van der Waals surface area contributed by atoms with E-state index < -0.39 is 30.8 Å². The first-order chi connectivity index (χ1) is 12.7. The molecule has 0 radical (unpaired) electrons. The molecule has 0 aliphatic rings. The minimum atomic E-state index is -2.96. The highest BCUT2D eigenvalue weighted by Crippen LogP contribution is 2.36. The maximum atomic E-state index is 12.1. The molecule has 0 saturated heterocycles. The Morgan fingerprint density at radius 2 is 1.67 bits per heavy atom. The predicted octanol–water partition coefficient (Wildman–Crippen LogP) is 5.09. The van der Waals surface area contributed by atoms with E-state index in [1.165, 1.54) is 24.3 Å². The van der Waals surface area contributed by atoms with Crippen molar-refractivity contribution < 1.29 is 27.8 Å². The van der Waals surface area contributed by atoms with Crippen molar-refractivity contribution in [2.75, 3.05) is 11.9 Å². The number of nitrogens with zero attached hydrogens (tertiary/aromatic N) is 1. The highest BCUT2D eigenvalue weighted by Gasteiger charge is 2.22. The average molecular weight is 460 g/mol. The molecule has 12 heteroatoms. The second-order valence-corrected chi connectivity index (χ2v) is 6.21. The highest BCUT2D eigenvalue weighted by atomic mass is 35.5. The zero-order chi connectivity index (χ0) is 20.1. The van der Waals surface area contributed by atoms with Crippen molar-refractivity contribution in [3.05, 3.63) is 50.2 Å². The number of esters is 1. The molecule has 0 unspecified atom stereocenters. The lowest BCUT2D eigenvalue weighted by molar-refractivity contribution is -0.119. The molecule has 1 heterocycles. The molecule has 0 aliphatic carbocycles. The van der Waals surface area contributed by atoms with Gasteiger partial charge in [-0.25, -0.2) is 9.78 Å². The standard InChI is InChI=1S/C15H8Cl4F2N2O4/c16-9-10(17)12(23-13(19)11(9)18)14(25)26-5-8(24)22-6-1-3-7(4-2-6)27-15(20)21/h1-4,15H,5H2,(H,22,24). The largest absolute Gasteiger partial charge is 0.451 e. The number of amides is 1. The van der Waals surface area contributed by atoms with Crippen LogP contribution in [0.1, 0.15) is 10.5 Å². The molecular weight excluding hydrogens is 452 g/mol. The van der Waals surface area contributed by atoms with Gasteiger partial charge in [-0.3, -0.25) is 4.79 Å². The molecule has 0 saturated carbocycles. The topological polar surface area (TPSA) is 77.5 Å². The van der Waals surface area contributed by atoms with E-state index in [1.54, 1.807) is 0 Å². The van der Waals surface area contributed by atoms with Crippen molar-refractivity contribution >= 4 is 64.0 Å². The summed E-state index contributed by atoms with van der Waals surface area (Å²) in [5, 5.41) is 1.55. The molecule has 0 atom stereocenters. The van der Waals surface area contributed by atoms with Crippen LogP contribution in [0.15, 0.2) is 24.3 Å². The van der Waals surface area contributed by atoms with Crippen LogP contribution in [0.5, 0.6) is 5.75 Å². The Balaban J connectivity index is 1.95. The number of nitrogens with one attached hydrogen (secondary N) is 1. The Kier molecular flexibility index (Phi) is 7.43. The highest BCUT2D eigenvalue weighted by molar-refractivity contribution is 6.52. The number of hydrogen-bond acceptors (Lipinski definition) is 5. The maximum absolute atomic E-state index is 12.1. The number of carbonyl (C=O) groups is 2. The summed E-state index contributed by atoms with van der Waals surface area (Å²) in [7, 11) is 0. The lowest BCUT2D eigenvalue weighted by Gasteiger charge is -2.09. The van der Waals surface area contributed by atoms with Gasteiger partial charge < -0.3 is 14.8 Å². The average Bonchev–Trinajstić information content (AvgIpc) is 2.62. The number of anilines is 1. The van der Waals surface area contributed by atoms with Crippen molar-refractivity contribution in [1.29, 1.82) is 0 Å². The molecule has 0 bridgehead atoms. The number of alkyl halides is 2. The van der Waals surface area contributed by atoms with E-state index in [2.05, 4.69) is 15.0 Å². The molecule has 1 aromatic heterocycles. The van der Waals surface area contributed by atoms with Gasteiger partial charge in [-0.1, -0.05) is 46.4 Å². The quantitative estimate of drug-likeness (QED) is 0.480. The van der Waals surface area contributed by atoms with E-state index in [0.29, 0.717) is 0 Å². The van der Waals surface area contributed by atoms with Crippen molar-refractivity contribution in [3.8, 4) is 5.75 Å². The molecule has 0 spiro atoms. The fraction of sp³-hybridized carbons (Fsp3) is 0.133. The Hall–Kier alpha value is -1.87. The van der Waals surface area contributed by atoms with Crippen LogP contribution < -0.4 is 10.1 Å². The summed E-state index contributed by atoms with van der Waals surface area (Å²) in [5.74, 6) is -1.82. The number of hydrogen-bond donors (Lipinski definition) is 1. The summed E-state index contributed by atoms with van der Waals surface area (Å²) < 4.78 is 33.1. The van der Waals surface area contributed by atoms with Gasteiger partial charge in [-0.2, -0.15) is 8.78 Å². The first kappa shape index (κ1) is 21.4. The van der Waals surface area contributed by atoms with Gasteiger partial charge in [-0.15, -0.1) is 0 Å². The van der Waals surface area contributed by atoms with E-state index in [0.717, 1.165) is 0 Å². The van der Waals surface area contributed by atoms with Crippen molar-refractivity contribution in [2.24, 2.45) is 0 Å². The minimum absolute atomic E-state index is 0.0772. The summed E-state index contributed by atoms with van der Waals surface area (Å²) in [6.07, 6.45) is 0. The third-order valence-electron chi connectivity index (χ3n) is 2.88. The van der Waals surface area contributed by atoms with E-state index in [9.17, 15) is 18.4 Å². The van der Waals surface area contributed by atoms with Crippen molar-refractivity contribution in [3.63, 3.8) is 0 Å². The molecule has 2 aromatic rings. The molecule has 1 N–H and O–H groups in total. The third kappa shape index (κ3) is 5.80. The van der Waals surface area contributed by atoms with Gasteiger partial charge in [0.1, 0.15) is 10.9 Å². The first-order valence-electron chi connectivity index (χ1n) is 6.91. The van der Waals surface area contributed by atoms with Gasteiger partial charge in [-0.05, 0) is 24.3 Å². The van der Waals surface area contributed by atoms with Crippen LogP contribution in [0.2, 0.25) is 20.2 Å².